The molecule has 0 aliphatic heterocycles. The van der Waals surface area contributed by atoms with Gasteiger partial charge in [0, 0.05) is 4.90 Å². The maximum absolute atomic E-state index is 15.4. The molecule has 0 nitrogen and oxygen atoms in total. The van der Waals surface area contributed by atoms with Crippen LogP contribution in [0, 0.1) is 116 Å². The normalized spacial score (nSPS) is 11.6. The smallest absolute Gasteiger partial charge is 0.200 e. The molecular weight excluding hydrogens is 1030 g/mol. The molecule has 0 bridgehead atoms. The topological polar surface area (TPSA) is 0 Å². The monoisotopic (exact) mass is 1050 g/mol. The van der Waals surface area contributed by atoms with Gasteiger partial charge in [0.25, 0.3) is 0 Å². The number of rotatable bonds is 9. The lowest BCUT2D eigenvalue weighted by molar-refractivity contribution is 0.378. The van der Waals surface area contributed by atoms with Gasteiger partial charge >= 0.3 is 0 Å². The van der Waals surface area contributed by atoms with E-state index in [2.05, 4.69) is 115 Å². The summed E-state index contributed by atoms with van der Waals surface area (Å²) in [5.74, 6) is -71.4. The van der Waals surface area contributed by atoms with E-state index in [9.17, 15) is 52.7 Å². The highest BCUT2D eigenvalue weighted by Crippen LogP contribution is 2.40. The first-order valence-corrected chi connectivity index (χ1v) is 21.6. The second-order valence-electron chi connectivity index (χ2n) is 14.6. The molecule has 8 aromatic carbocycles. The van der Waals surface area contributed by atoms with E-state index in [1.165, 1.54) is 24.5 Å². The largest absolute Gasteiger partial charge is 0.207 e. The zero-order chi connectivity index (χ0) is 52.0. The zero-order valence-electron chi connectivity index (χ0n) is 34.4. The van der Waals surface area contributed by atoms with Crippen LogP contribution in [0.5, 0.6) is 0 Å². The average molecular weight is 1050 g/mol. The Balaban J connectivity index is 0.000000240. The van der Waals surface area contributed by atoms with Crippen LogP contribution in [0.3, 0.4) is 0 Å². The van der Waals surface area contributed by atoms with Crippen LogP contribution in [-0.2, 0) is 10.9 Å². The van der Waals surface area contributed by atoms with E-state index >= 15 is 35.1 Å². The molecule has 0 aromatic heterocycles. The van der Waals surface area contributed by atoms with Crippen LogP contribution in [0.2, 0.25) is 0 Å². The van der Waals surface area contributed by atoms with E-state index in [0.717, 1.165) is 0 Å². The van der Waals surface area contributed by atoms with E-state index in [0.29, 0.717) is 0 Å². The first-order valence-electron chi connectivity index (χ1n) is 19.5. The predicted molar refractivity (Wildman–Crippen MR) is 221 cm³/mol. The van der Waals surface area contributed by atoms with E-state index in [1.807, 2.05) is 11.8 Å². The van der Waals surface area contributed by atoms with Crippen LogP contribution in [0.4, 0.5) is 87.8 Å². The van der Waals surface area contributed by atoms with E-state index < -0.39 is 144 Å². The predicted octanol–water partition coefficient (Wildman–Crippen LogP) is 12.8. The zero-order valence-corrected chi connectivity index (χ0v) is 36.1. The Morgan fingerprint density at radius 2 is 0.479 bits per heavy atom. The molecule has 0 amide bonds. The molecule has 8 aromatic rings. The molecule has 0 spiro atoms. The van der Waals surface area contributed by atoms with Crippen LogP contribution < -0.4 is 21.9 Å². The molecular formula is C48H19BF20S2. The fraction of sp³-hybridized carbons (Fsp3) is 0. The summed E-state index contributed by atoms with van der Waals surface area (Å²) in [6.45, 7) is 0. The Morgan fingerprint density at radius 1 is 0.254 bits per heavy atom. The Bertz CT molecular complexity index is 2920. The van der Waals surface area contributed by atoms with Gasteiger partial charge in [0.05, 0.1) is 4.90 Å². The second kappa shape index (κ2) is 20.5. The van der Waals surface area contributed by atoms with Gasteiger partial charge in [-0.3, -0.25) is 0 Å². The molecule has 0 saturated heterocycles. The summed E-state index contributed by atoms with van der Waals surface area (Å²) in [5.41, 5.74) is -14.3. The standard InChI is InChI=1S/C24BF20.C24H19S2/c26-5-1(6(27)14(35)21(42)13(5)34)25(2-7(28)15(36)22(43)16(37)8(2)29,3-9(30)17(38)23(44)18(39)10(3)31)4-11(32)19(40)24(45)20(41)12(4)33;1-4-12-20(13-5-1)25-23-18-10-11-19-24(23)26(21-14-6-2-7-15-21)22-16-8-3-9-17-22/h;1-19H/q-1;+1. The van der Waals surface area contributed by atoms with Crippen molar-refractivity contribution in [3.63, 3.8) is 0 Å². The Kier molecular flexibility index (Phi) is 15.0. The lowest BCUT2D eigenvalue weighted by Crippen LogP contribution is -2.81. The molecule has 71 heavy (non-hydrogen) atoms. The Labute approximate surface area is 393 Å². The van der Waals surface area contributed by atoms with Gasteiger partial charge in [-0.05, 0) is 48.5 Å². The quantitative estimate of drug-likeness (QED) is 0.0456. The Morgan fingerprint density at radius 3 is 0.761 bits per heavy atom. The van der Waals surface area contributed by atoms with Crippen LogP contribution in [0.25, 0.3) is 0 Å². The fourth-order valence-electron chi connectivity index (χ4n) is 7.70. The molecule has 0 radical (unpaired) electrons. The highest BCUT2D eigenvalue weighted by atomic mass is 32.2. The summed E-state index contributed by atoms with van der Waals surface area (Å²) >= 11 is 1.84. The third-order valence-corrected chi connectivity index (χ3v) is 14.2. The van der Waals surface area contributed by atoms with Gasteiger partial charge in [-0.1, -0.05) is 78.5 Å². The third-order valence-electron chi connectivity index (χ3n) is 10.7. The van der Waals surface area contributed by atoms with Crippen LogP contribution in [-0.4, -0.2) is 6.15 Å². The molecule has 8 rings (SSSR count). The number of benzene rings is 8. The van der Waals surface area contributed by atoms with E-state index in [4.69, 9.17) is 0 Å². The molecule has 0 aliphatic carbocycles. The van der Waals surface area contributed by atoms with Crippen LogP contribution >= 0.6 is 11.8 Å². The van der Waals surface area contributed by atoms with Crippen molar-refractivity contribution in [3.8, 4) is 0 Å². The minimum Gasteiger partial charge on any atom is -0.207 e. The fourth-order valence-corrected chi connectivity index (χ4v) is 11.1. The summed E-state index contributed by atoms with van der Waals surface area (Å²) in [4.78, 5) is 6.65. The van der Waals surface area contributed by atoms with Crippen molar-refractivity contribution in [1.29, 1.82) is 0 Å². The SMILES string of the molecule is Fc1c(F)c(F)c([B-](c2c(F)c(F)c(F)c(F)c2F)(c2c(F)c(F)c(F)c(F)c2F)c2c(F)c(F)c(F)c(F)c2F)c(F)c1F.c1ccc(Sc2ccccc2[S+](c2ccccc2)c2ccccc2)cc1. The van der Waals surface area contributed by atoms with Gasteiger partial charge in [0.1, 0.15) is 63.6 Å². The van der Waals surface area contributed by atoms with Crippen molar-refractivity contribution in [2.45, 2.75) is 24.5 Å². The summed E-state index contributed by atoms with van der Waals surface area (Å²) in [5, 5.41) is 0. The molecule has 366 valence electrons. The molecule has 0 heterocycles. The summed E-state index contributed by atoms with van der Waals surface area (Å²) in [6.07, 6.45) is -7.22. The van der Waals surface area contributed by atoms with Crippen molar-refractivity contribution in [2.75, 3.05) is 0 Å². The molecule has 0 atom stereocenters. The average Bonchev–Trinajstić information content (AvgIpc) is 3.38. The highest BCUT2D eigenvalue weighted by Gasteiger charge is 2.52. The van der Waals surface area contributed by atoms with Crippen LogP contribution in [0.1, 0.15) is 0 Å². The Hall–Kier alpha value is -6.88. The maximum Gasteiger partial charge on any atom is 0.200 e. The van der Waals surface area contributed by atoms with Crippen molar-refractivity contribution >= 4 is 50.7 Å². The van der Waals surface area contributed by atoms with Gasteiger partial charge in [-0.2, -0.15) is 0 Å². The lowest BCUT2D eigenvalue weighted by atomic mass is 9.12. The summed E-state index contributed by atoms with van der Waals surface area (Å²) in [6, 6.07) is 41.0. The maximum atomic E-state index is 15.4. The molecule has 0 aliphatic rings. The number of hydrogen-bond acceptors (Lipinski definition) is 1. The minimum atomic E-state index is -7.22. The van der Waals surface area contributed by atoms with Gasteiger partial charge in [0.2, 0.25) is 0 Å². The minimum absolute atomic E-state index is 0.121. The molecule has 0 fully saturated rings. The lowest BCUT2D eigenvalue weighted by Gasteiger charge is -2.44. The number of halogens is 20. The molecule has 0 N–H and O–H groups in total. The van der Waals surface area contributed by atoms with Gasteiger partial charge < -0.3 is 0 Å². The van der Waals surface area contributed by atoms with Crippen molar-refractivity contribution in [1.82, 2.24) is 0 Å². The van der Waals surface area contributed by atoms with Crippen LogP contribution in [0.15, 0.2) is 140 Å². The molecule has 0 unspecified atom stereocenters. The number of hydrogen-bond donors (Lipinski definition) is 0. The summed E-state index contributed by atoms with van der Waals surface area (Å²) < 4.78 is 294. The first kappa shape index (κ1) is 52.0. The highest BCUT2D eigenvalue weighted by molar-refractivity contribution is 8.01. The van der Waals surface area contributed by atoms with Crippen molar-refractivity contribution < 1.29 is 87.8 Å². The first-order chi connectivity index (χ1) is 33.6. The van der Waals surface area contributed by atoms with Gasteiger partial charge in [0.15, 0.2) is 84.5 Å². The molecule has 23 heteroatoms. The van der Waals surface area contributed by atoms with E-state index in [1.54, 1.807) is 0 Å². The molecule has 0 saturated carbocycles. The van der Waals surface area contributed by atoms with Gasteiger partial charge in [-0.25, -0.2) is 87.8 Å². The van der Waals surface area contributed by atoms with E-state index in [-0.39, 0.29) is 10.9 Å². The van der Waals surface area contributed by atoms with Crippen molar-refractivity contribution in [2.24, 2.45) is 0 Å². The third kappa shape index (κ3) is 8.76. The van der Waals surface area contributed by atoms with Gasteiger partial charge in [-0.15, -0.1) is 21.9 Å². The van der Waals surface area contributed by atoms with Crippen molar-refractivity contribution in [3.05, 3.63) is 232 Å². The summed E-state index contributed by atoms with van der Waals surface area (Å²) in [7, 11) is -0.121. The second-order valence-corrected chi connectivity index (χ2v) is 17.7.